The molecule has 1 aromatic carbocycles. The van der Waals surface area contributed by atoms with Gasteiger partial charge in [0.1, 0.15) is 5.82 Å². The van der Waals surface area contributed by atoms with Gasteiger partial charge >= 0.3 is 0 Å². The van der Waals surface area contributed by atoms with Gasteiger partial charge in [-0.15, -0.1) is 11.6 Å². The molecule has 0 amide bonds. The molecule has 1 aromatic rings. The lowest BCUT2D eigenvalue weighted by atomic mass is 10.1. The van der Waals surface area contributed by atoms with E-state index in [9.17, 15) is 4.39 Å². The topological polar surface area (TPSA) is 12.5 Å². The van der Waals surface area contributed by atoms with Crippen LogP contribution in [0.3, 0.4) is 0 Å². The summed E-state index contributed by atoms with van der Waals surface area (Å²) < 4.78 is 18.8. The number of ether oxygens (including phenoxy) is 1. The maximum absolute atomic E-state index is 13.2. The van der Waals surface area contributed by atoms with Gasteiger partial charge in [-0.3, -0.25) is 4.90 Å². The van der Waals surface area contributed by atoms with Crippen molar-refractivity contribution in [3.8, 4) is 0 Å². The maximum Gasteiger partial charge on any atom is 0.123 e. The van der Waals surface area contributed by atoms with Crippen LogP contribution in [0.5, 0.6) is 0 Å². The Balaban J connectivity index is 2.09. The van der Waals surface area contributed by atoms with E-state index in [-0.39, 0.29) is 18.0 Å². The van der Waals surface area contributed by atoms with Crippen LogP contribution in [-0.4, -0.2) is 36.1 Å². The molecule has 100 valence electrons. The van der Waals surface area contributed by atoms with Crippen LogP contribution in [0.1, 0.15) is 12.5 Å². The third-order valence-electron chi connectivity index (χ3n) is 3.19. The monoisotopic (exact) mass is 291 g/mol. The van der Waals surface area contributed by atoms with Crippen molar-refractivity contribution in [2.24, 2.45) is 0 Å². The lowest BCUT2D eigenvalue weighted by Gasteiger charge is -2.37. The van der Waals surface area contributed by atoms with Gasteiger partial charge in [0.05, 0.1) is 12.7 Å². The largest absolute Gasteiger partial charge is 0.374 e. The maximum atomic E-state index is 13.2. The smallest absolute Gasteiger partial charge is 0.123 e. The second-order valence-corrected chi connectivity index (χ2v) is 5.34. The number of alkyl halides is 1. The number of hydrogen-bond acceptors (Lipinski definition) is 2. The predicted molar refractivity (Wildman–Crippen MR) is 71.7 cm³/mol. The first kappa shape index (κ1) is 14.1. The van der Waals surface area contributed by atoms with Crippen LogP contribution in [0, 0.1) is 5.82 Å². The summed E-state index contributed by atoms with van der Waals surface area (Å²) in [5.74, 6) is 0.212. The SMILES string of the molecule is CC1COC(CCl)CN1Cc1cc(F)ccc1Cl. The average molecular weight is 292 g/mol. The number of morpholine rings is 1. The Labute approximate surface area is 117 Å². The molecule has 0 aromatic heterocycles. The van der Waals surface area contributed by atoms with Crippen LogP contribution in [0.25, 0.3) is 0 Å². The Morgan fingerprint density at radius 1 is 1.50 bits per heavy atom. The molecule has 18 heavy (non-hydrogen) atoms. The lowest BCUT2D eigenvalue weighted by Crippen LogP contribution is -2.48. The molecule has 2 nitrogen and oxygen atoms in total. The molecule has 2 unspecified atom stereocenters. The van der Waals surface area contributed by atoms with Gasteiger partial charge in [-0.05, 0) is 30.7 Å². The van der Waals surface area contributed by atoms with E-state index < -0.39 is 0 Å². The zero-order chi connectivity index (χ0) is 13.1. The first-order valence-corrected chi connectivity index (χ1v) is 6.87. The standard InChI is InChI=1S/C13H16Cl2FNO/c1-9-8-18-12(5-14)7-17(9)6-10-4-11(16)2-3-13(10)15/h2-4,9,12H,5-8H2,1H3. The van der Waals surface area contributed by atoms with Crippen LogP contribution >= 0.6 is 23.2 Å². The van der Waals surface area contributed by atoms with E-state index >= 15 is 0 Å². The van der Waals surface area contributed by atoms with Gasteiger partial charge in [-0.1, -0.05) is 11.6 Å². The summed E-state index contributed by atoms with van der Waals surface area (Å²) in [5.41, 5.74) is 0.804. The number of benzene rings is 1. The van der Waals surface area contributed by atoms with Crippen LogP contribution in [-0.2, 0) is 11.3 Å². The Bertz CT molecular complexity index is 416. The first-order valence-electron chi connectivity index (χ1n) is 5.95. The van der Waals surface area contributed by atoms with E-state index in [1.165, 1.54) is 12.1 Å². The fraction of sp³-hybridized carbons (Fsp3) is 0.538. The van der Waals surface area contributed by atoms with Crippen molar-refractivity contribution in [1.29, 1.82) is 0 Å². The summed E-state index contributed by atoms with van der Waals surface area (Å²) in [4.78, 5) is 2.22. The summed E-state index contributed by atoms with van der Waals surface area (Å²) in [6, 6.07) is 4.73. The highest BCUT2D eigenvalue weighted by Crippen LogP contribution is 2.22. The van der Waals surface area contributed by atoms with E-state index in [4.69, 9.17) is 27.9 Å². The molecular formula is C13H16Cl2FNO. The van der Waals surface area contributed by atoms with Crippen molar-refractivity contribution in [1.82, 2.24) is 4.90 Å². The van der Waals surface area contributed by atoms with Crippen molar-refractivity contribution in [3.05, 3.63) is 34.6 Å². The summed E-state index contributed by atoms with van der Waals surface area (Å²) in [5, 5.41) is 0.595. The Morgan fingerprint density at radius 2 is 2.28 bits per heavy atom. The van der Waals surface area contributed by atoms with Gasteiger partial charge in [0.15, 0.2) is 0 Å². The molecule has 0 spiro atoms. The molecule has 0 bridgehead atoms. The summed E-state index contributed by atoms with van der Waals surface area (Å²) in [6.07, 6.45) is 0.0372. The number of nitrogens with zero attached hydrogens (tertiary/aromatic N) is 1. The van der Waals surface area contributed by atoms with Gasteiger partial charge in [0.2, 0.25) is 0 Å². The third kappa shape index (κ3) is 3.35. The molecule has 1 saturated heterocycles. The second kappa shape index (κ2) is 6.20. The molecule has 0 saturated carbocycles. The molecule has 1 aliphatic rings. The summed E-state index contributed by atoms with van der Waals surface area (Å²) in [7, 11) is 0. The minimum Gasteiger partial charge on any atom is -0.374 e. The van der Waals surface area contributed by atoms with Crippen molar-refractivity contribution < 1.29 is 9.13 Å². The Kier molecular flexibility index (Phi) is 4.84. The number of rotatable bonds is 3. The van der Waals surface area contributed by atoms with Gasteiger partial charge in [-0.2, -0.15) is 0 Å². The van der Waals surface area contributed by atoms with Gasteiger partial charge in [-0.25, -0.2) is 4.39 Å². The van der Waals surface area contributed by atoms with E-state index in [1.807, 2.05) is 0 Å². The Morgan fingerprint density at radius 3 is 3.00 bits per heavy atom. The van der Waals surface area contributed by atoms with E-state index in [1.54, 1.807) is 6.07 Å². The van der Waals surface area contributed by atoms with Gasteiger partial charge in [0, 0.05) is 30.0 Å². The van der Waals surface area contributed by atoms with Crippen LogP contribution in [0.4, 0.5) is 4.39 Å². The van der Waals surface area contributed by atoms with Gasteiger partial charge < -0.3 is 4.74 Å². The first-order chi connectivity index (χ1) is 8.60. The molecule has 2 atom stereocenters. The van der Waals surface area contributed by atoms with Crippen molar-refractivity contribution in [2.45, 2.75) is 25.6 Å². The highest BCUT2D eigenvalue weighted by molar-refractivity contribution is 6.31. The minimum atomic E-state index is -0.260. The highest BCUT2D eigenvalue weighted by Gasteiger charge is 2.25. The number of hydrogen-bond donors (Lipinski definition) is 0. The normalized spacial score (nSPS) is 25.3. The van der Waals surface area contributed by atoms with Gasteiger partial charge in [0.25, 0.3) is 0 Å². The van der Waals surface area contributed by atoms with Crippen molar-refractivity contribution in [3.63, 3.8) is 0 Å². The molecule has 0 N–H and O–H groups in total. The zero-order valence-corrected chi connectivity index (χ0v) is 11.7. The molecule has 1 aliphatic heterocycles. The molecule has 1 fully saturated rings. The fourth-order valence-corrected chi connectivity index (χ4v) is 2.44. The third-order valence-corrected chi connectivity index (χ3v) is 3.90. The second-order valence-electron chi connectivity index (χ2n) is 4.62. The van der Waals surface area contributed by atoms with Crippen molar-refractivity contribution in [2.75, 3.05) is 19.0 Å². The Hall–Kier alpha value is -0.350. The molecule has 5 heteroatoms. The minimum absolute atomic E-state index is 0.0372. The van der Waals surface area contributed by atoms with E-state index in [0.717, 1.165) is 12.1 Å². The van der Waals surface area contributed by atoms with E-state index in [2.05, 4.69) is 11.8 Å². The fourth-order valence-electron chi connectivity index (χ4n) is 2.07. The molecular weight excluding hydrogens is 276 g/mol. The molecule has 0 radical (unpaired) electrons. The van der Waals surface area contributed by atoms with Crippen molar-refractivity contribution >= 4 is 23.2 Å². The summed E-state index contributed by atoms with van der Waals surface area (Å²) >= 11 is 11.9. The predicted octanol–water partition coefficient (Wildman–Crippen LogP) is 3.31. The van der Waals surface area contributed by atoms with Crippen LogP contribution < -0.4 is 0 Å². The molecule has 0 aliphatic carbocycles. The zero-order valence-electron chi connectivity index (χ0n) is 10.2. The lowest BCUT2D eigenvalue weighted by molar-refractivity contribution is -0.0510. The molecule has 1 heterocycles. The quantitative estimate of drug-likeness (QED) is 0.793. The molecule has 2 rings (SSSR count). The summed E-state index contributed by atoms with van der Waals surface area (Å²) in [6.45, 7) is 4.09. The average Bonchev–Trinajstić information content (AvgIpc) is 2.36. The number of halogens is 3. The highest BCUT2D eigenvalue weighted by atomic mass is 35.5. The van der Waals surface area contributed by atoms with E-state index in [0.29, 0.717) is 24.1 Å². The van der Waals surface area contributed by atoms with Crippen LogP contribution in [0.15, 0.2) is 18.2 Å². The van der Waals surface area contributed by atoms with Crippen LogP contribution in [0.2, 0.25) is 5.02 Å².